The number of nitrogens with one attached hydrogen (secondary N) is 2. The number of rotatable bonds is 10. The van der Waals surface area contributed by atoms with E-state index in [0.717, 1.165) is 32.9 Å². The molecule has 0 saturated carbocycles. The quantitative estimate of drug-likeness (QED) is 0.246. The van der Waals surface area contributed by atoms with Gasteiger partial charge in [0, 0.05) is 37.7 Å². The van der Waals surface area contributed by atoms with Gasteiger partial charge >= 0.3 is 5.97 Å². The van der Waals surface area contributed by atoms with Crippen molar-refractivity contribution in [2.75, 3.05) is 24.5 Å². The monoisotopic (exact) mass is 689 g/mol. The van der Waals surface area contributed by atoms with Crippen LogP contribution in [0.4, 0.5) is 5.69 Å². The van der Waals surface area contributed by atoms with Crippen LogP contribution in [0.5, 0.6) is 0 Å². The summed E-state index contributed by atoms with van der Waals surface area (Å²) in [6.07, 6.45) is 0.443. The Morgan fingerprint density at radius 2 is 1.63 bits per heavy atom. The molecule has 2 aliphatic rings. The molecule has 0 aliphatic carbocycles. The molecule has 3 heterocycles. The van der Waals surface area contributed by atoms with Gasteiger partial charge in [0.1, 0.15) is 12.1 Å². The van der Waals surface area contributed by atoms with Crippen LogP contribution in [0.3, 0.4) is 0 Å². The Kier molecular flexibility index (Phi) is 11.1. The average molecular weight is 690 g/mol. The zero-order valence-corrected chi connectivity index (χ0v) is 29.6. The fourth-order valence-electron chi connectivity index (χ4n) is 6.67. The molecule has 11 nitrogen and oxygen atoms in total. The molecule has 12 heteroatoms. The lowest BCUT2D eigenvalue weighted by atomic mass is 9.84. The maximum absolute atomic E-state index is 14.1. The van der Waals surface area contributed by atoms with Crippen LogP contribution in [0.15, 0.2) is 54.0 Å². The molecule has 0 bridgehead atoms. The van der Waals surface area contributed by atoms with Gasteiger partial charge in [-0.25, -0.2) is 4.98 Å². The number of carbonyl (C=O) groups is 4. The Labute approximate surface area is 291 Å². The number of likely N-dealkylation sites (tertiary alicyclic amines) is 1. The molecule has 0 radical (unpaired) electrons. The third-order valence-electron chi connectivity index (χ3n) is 9.56. The maximum Gasteiger partial charge on any atom is 0.307 e. The van der Waals surface area contributed by atoms with E-state index >= 15 is 0 Å². The summed E-state index contributed by atoms with van der Waals surface area (Å²) in [5.41, 5.74) is 5.82. The molecule has 262 valence electrons. The lowest BCUT2D eigenvalue weighted by Gasteiger charge is -2.38. The summed E-state index contributed by atoms with van der Waals surface area (Å²) in [5.74, 6) is -2.08. The summed E-state index contributed by atoms with van der Waals surface area (Å²) < 4.78 is 0. The highest BCUT2D eigenvalue weighted by Gasteiger charge is 2.45. The zero-order valence-electron chi connectivity index (χ0n) is 28.8. The summed E-state index contributed by atoms with van der Waals surface area (Å²) in [7, 11) is 0. The lowest BCUT2D eigenvalue weighted by molar-refractivity contribution is -0.144. The van der Waals surface area contributed by atoms with Gasteiger partial charge in [0.25, 0.3) is 0 Å². The molecule has 49 heavy (non-hydrogen) atoms. The summed E-state index contributed by atoms with van der Waals surface area (Å²) in [6.45, 7) is 10.8. The number of thiazole rings is 1. The first kappa shape index (κ1) is 36.0. The molecule has 3 aromatic rings. The van der Waals surface area contributed by atoms with Crippen molar-refractivity contribution >= 4 is 40.7 Å². The first-order chi connectivity index (χ1) is 23.2. The van der Waals surface area contributed by atoms with Crippen molar-refractivity contribution in [2.24, 2.45) is 11.3 Å². The molecule has 0 spiro atoms. The molecular weight excluding hydrogens is 643 g/mol. The number of aliphatic hydroxyl groups excluding tert-OH is 1. The highest BCUT2D eigenvalue weighted by Crippen LogP contribution is 2.30. The molecule has 1 aromatic heterocycles. The number of carbonyl (C=O) groups excluding carboxylic acids is 3. The number of anilines is 1. The van der Waals surface area contributed by atoms with E-state index in [9.17, 15) is 24.3 Å². The van der Waals surface area contributed by atoms with Gasteiger partial charge in [-0.1, -0.05) is 57.2 Å². The lowest BCUT2D eigenvalue weighted by Crippen LogP contribution is -2.59. The Bertz CT molecular complexity index is 1640. The van der Waals surface area contributed by atoms with E-state index in [1.807, 2.05) is 88.7 Å². The number of aliphatic hydroxyl groups is 1. The molecule has 5 rings (SSSR count). The van der Waals surface area contributed by atoms with Gasteiger partial charge in [-0.15, -0.1) is 11.3 Å². The molecule has 3 amide bonds. The van der Waals surface area contributed by atoms with E-state index < -0.39 is 29.6 Å². The predicted octanol–water partition coefficient (Wildman–Crippen LogP) is 4.33. The maximum atomic E-state index is 14.1. The molecule has 4 N–H and O–H groups in total. The van der Waals surface area contributed by atoms with E-state index in [-0.39, 0.29) is 49.1 Å². The third kappa shape index (κ3) is 8.66. The summed E-state index contributed by atoms with van der Waals surface area (Å²) >= 11 is 1.58. The fraction of sp³-hybridized carbons (Fsp3) is 0.486. The smallest absolute Gasteiger partial charge is 0.307 e. The van der Waals surface area contributed by atoms with Gasteiger partial charge in [0.15, 0.2) is 0 Å². The van der Waals surface area contributed by atoms with Crippen molar-refractivity contribution in [3.63, 3.8) is 0 Å². The van der Waals surface area contributed by atoms with Crippen molar-refractivity contribution in [3.05, 3.63) is 70.9 Å². The Morgan fingerprint density at radius 1 is 0.980 bits per heavy atom. The second kappa shape index (κ2) is 15.1. The first-order valence-electron chi connectivity index (χ1n) is 16.9. The normalized spacial score (nSPS) is 19.7. The van der Waals surface area contributed by atoms with Crippen molar-refractivity contribution in [3.8, 4) is 10.4 Å². The van der Waals surface area contributed by atoms with E-state index in [0.29, 0.717) is 25.9 Å². The molecular formula is C37H47N5O6S. The highest BCUT2D eigenvalue weighted by molar-refractivity contribution is 7.13. The number of nitrogens with zero attached hydrogens (tertiary/aromatic N) is 3. The van der Waals surface area contributed by atoms with Crippen molar-refractivity contribution in [1.82, 2.24) is 20.5 Å². The summed E-state index contributed by atoms with van der Waals surface area (Å²) in [4.78, 5) is 61.3. The van der Waals surface area contributed by atoms with Crippen molar-refractivity contribution in [2.45, 2.75) is 84.5 Å². The predicted molar refractivity (Wildman–Crippen MR) is 189 cm³/mol. The topological polar surface area (TPSA) is 152 Å². The van der Waals surface area contributed by atoms with Gasteiger partial charge in [0.2, 0.25) is 17.7 Å². The number of aliphatic carboxylic acids is 1. The zero-order chi connectivity index (χ0) is 35.5. The number of piperidine rings is 1. The number of aryl methyl sites for hydroxylation is 1. The van der Waals surface area contributed by atoms with Gasteiger partial charge in [-0.2, -0.15) is 0 Å². The van der Waals surface area contributed by atoms with Crippen LogP contribution >= 0.6 is 11.3 Å². The molecule has 2 aromatic carbocycles. The van der Waals surface area contributed by atoms with Crippen LogP contribution in [0.1, 0.15) is 69.8 Å². The van der Waals surface area contributed by atoms with Gasteiger partial charge in [-0.05, 0) is 60.9 Å². The number of carboxylic acid groups (broad SMARTS) is 1. The number of β-amino-alcohol motifs (C(OH)–C–C–N with tert-alkyl or cyclic N) is 1. The van der Waals surface area contributed by atoms with Crippen molar-refractivity contribution < 1.29 is 29.4 Å². The van der Waals surface area contributed by atoms with Crippen LogP contribution in [0.25, 0.3) is 10.4 Å². The number of aromatic nitrogens is 1. The van der Waals surface area contributed by atoms with Crippen LogP contribution in [-0.4, -0.2) is 81.6 Å². The minimum atomic E-state index is -0.888. The minimum absolute atomic E-state index is 0.0142. The van der Waals surface area contributed by atoms with E-state index in [1.165, 1.54) is 4.90 Å². The molecule has 2 saturated heterocycles. The largest absolute Gasteiger partial charge is 0.481 e. The number of carboxylic acids is 1. The average Bonchev–Trinajstić information content (AvgIpc) is 3.68. The number of hydrogen-bond acceptors (Lipinski definition) is 8. The first-order valence-corrected chi connectivity index (χ1v) is 17.7. The Balaban J connectivity index is 1.20. The number of hydrogen-bond donors (Lipinski definition) is 4. The second-order valence-electron chi connectivity index (χ2n) is 14.3. The minimum Gasteiger partial charge on any atom is -0.481 e. The fourth-order valence-corrected chi connectivity index (χ4v) is 7.49. The Morgan fingerprint density at radius 3 is 2.20 bits per heavy atom. The second-order valence-corrected chi connectivity index (χ2v) is 15.2. The Hall–Kier alpha value is -4.29. The van der Waals surface area contributed by atoms with E-state index in [1.54, 1.807) is 11.3 Å². The third-order valence-corrected chi connectivity index (χ3v) is 10.5. The summed E-state index contributed by atoms with van der Waals surface area (Å²) in [5, 5.41) is 25.7. The number of amides is 3. The standard InChI is InChI=1S/C37H47N5O6S/c1-22(25-8-10-26(11-9-25)32-23(2)38-21-49-32)39-35(47)30-19-29(43)20-42(30)36(48)33(37(3,4)5)40-34(46)27-14-16-41(17-15-27)28-12-6-24(7-13-28)18-31(44)45/h6-13,21-22,27,29-30,33,43H,14-20H2,1-5H3,(H,39,47)(H,40,46)(H,44,45)/t22-,29+,30-,33+/m0/s1. The van der Waals surface area contributed by atoms with Gasteiger partial charge in [0.05, 0.1) is 34.6 Å². The molecule has 2 fully saturated rings. The SMILES string of the molecule is Cc1ncsc1-c1ccc([C@H](C)NC(=O)[C@@H]2C[C@@H](O)CN2C(=O)[C@@H](NC(=O)C2CCN(c3ccc(CC(=O)O)cc3)CC2)C(C)(C)C)cc1. The van der Waals surface area contributed by atoms with E-state index in [2.05, 4.69) is 20.5 Å². The highest BCUT2D eigenvalue weighted by atomic mass is 32.1. The van der Waals surface area contributed by atoms with Gasteiger partial charge in [-0.3, -0.25) is 19.2 Å². The van der Waals surface area contributed by atoms with Crippen LogP contribution in [0.2, 0.25) is 0 Å². The van der Waals surface area contributed by atoms with Gasteiger partial charge < -0.3 is 30.6 Å². The van der Waals surface area contributed by atoms with E-state index in [4.69, 9.17) is 5.11 Å². The molecule has 0 unspecified atom stereocenters. The molecule has 4 atom stereocenters. The van der Waals surface area contributed by atoms with Crippen molar-refractivity contribution in [1.29, 1.82) is 0 Å². The summed E-state index contributed by atoms with van der Waals surface area (Å²) in [6, 6.07) is 13.3. The van der Waals surface area contributed by atoms with Crippen LogP contribution < -0.4 is 15.5 Å². The van der Waals surface area contributed by atoms with Crippen LogP contribution in [-0.2, 0) is 25.6 Å². The number of benzene rings is 2. The van der Waals surface area contributed by atoms with Crippen LogP contribution in [0, 0.1) is 18.3 Å². The molecule has 2 aliphatic heterocycles.